The zero-order chi connectivity index (χ0) is 17.4. The van der Waals surface area contributed by atoms with Gasteiger partial charge in [0.25, 0.3) is 0 Å². The number of benzene rings is 1. The van der Waals surface area contributed by atoms with Gasteiger partial charge in [-0.15, -0.1) is 0 Å². The molecule has 1 N–H and O–H groups in total. The smallest absolute Gasteiger partial charge is 0.235 e. The number of amides is 2. The van der Waals surface area contributed by atoms with E-state index in [1.807, 2.05) is 6.07 Å². The fourth-order valence-corrected chi connectivity index (χ4v) is 4.76. The Morgan fingerprint density at radius 3 is 2.56 bits per heavy atom. The van der Waals surface area contributed by atoms with E-state index < -0.39 is 11.5 Å². The van der Waals surface area contributed by atoms with Crippen LogP contribution in [0.1, 0.15) is 43.2 Å². The first-order chi connectivity index (χ1) is 12.1. The van der Waals surface area contributed by atoms with E-state index in [1.54, 1.807) is 0 Å². The van der Waals surface area contributed by atoms with Gasteiger partial charge in [0.05, 0.1) is 18.1 Å². The predicted octanol–water partition coefficient (Wildman–Crippen LogP) is 1.72. The summed E-state index contributed by atoms with van der Waals surface area (Å²) in [6.07, 6.45) is 4.35. The highest BCUT2D eigenvalue weighted by atomic mass is 16.3. The number of β-amino-alcohol motifs (C(OH)–C–C–N with tert-alkyl or cyclic N) is 1. The quantitative estimate of drug-likeness (QED) is 0.847. The summed E-state index contributed by atoms with van der Waals surface area (Å²) in [7, 11) is 0. The third-order valence-electron chi connectivity index (χ3n) is 6.12. The van der Waals surface area contributed by atoms with Gasteiger partial charge in [0.2, 0.25) is 11.8 Å². The SMILES string of the molecule is O=C1CC2(CCCC2)C(=O)N1C[C@@H](O)CN1CCc2ccccc2C1. The van der Waals surface area contributed by atoms with Crippen molar-refractivity contribution in [2.75, 3.05) is 19.6 Å². The van der Waals surface area contributed by atoms with Crippen LogP contribution in [0.2, 0.25) is 0 Å². The Bertz CT molecular complexity index is 681. The van der Waals surface area contributed by atoms with Gasteiger partial charge in [0.1, 0.15) is 0 Å². The van der Waals surface area contributed by atoms with Crippen LogP contribution in [0, 0.1) is 5.41 Å². The van der Waals surface area contributed by atoms with Crippen LogP contribution in [-0.4, -0.2) is 52.5 Å². The van der Waals surface area contributed by atoms with Crippen LogP contribution in [0.3, 0.4) is 0 Å². The lowest BCUT2D eigenvalue weighted by molar-refractivity contribution is -0.143. The molecule has 1 saturated carbocycles. The molecule has 0 aromatic heterocycles. The van der Waals surface area contributed by atoms with Gasteiger partial charge in [0, 0.05) is 26.1 Å². The molecule has 1 aromatic rings. The summed E-state index contributed by atoms with van der Waals surface area (Å²) in [5.74, 6) is -0.145. The molecule has 1 aliphatic carbocycles. The Morgan fingerprint density at radius 2 is 1.80 bits per heavy atom. The number of rotatable bonds is 4. The molecule has 134 valence electrons. The van der Waals surface area contributed by atoms with Crippen molar-refractivity contribution in [3.05, 3.63) is 35.4 Å². The van der Waals surface area contributed by atoms with Crippen LogP contribution in [0.15, 0.2) is 24.3 Å². The molecule has 2 heterocycles. The maximum Gasteiger partial charge on any atom is 0.235 e. The van der Waals surface area contributed by atoms with Crippen molar-refractivity contribution in [2.45, 2.75) is 51.2 Å². The Labute approximate surface area is 148 Å². The maximum atomic E-state index is 12.7. The molecule has 1 saturated heterocycles. The summed E-state index contributed by atoms with van der Waals surface area (Å²) >= 11 is 0. The molecule has 5 nitrogen and oxygen atoms in total. The minimum absolute atomic E-state index is 0.0435. The first-order valence-electron chi connectivity index (χ1n) is 9.39. The zero-order valence-electron chi connectivity index (χ0n) is 14.6. The number of nitrogens with zero attached hydrogens (tertiary/aromatic N) is 2. The highest BCUT2D eigenvalue weighted by Crippen LogP contribution is 2.46. The number of carbonyl (C=O) groups excluding carboxylic acids is 2. The Hall–Kier alpha value is -1.72. The molecule has 3 aliphatic rings. The van der Waals surface area contributed by atoms with Crippen LogP contribution in [0.4, 0.5) is 0 Å². The molecule has 2 fully saturated rings. The molecule has 5 heteroatoms. The molecule has 2 amide bonds. The van der Waals surface area contributed by atoms with Crippen molar-refractivity contribution in [1.82, 2.24) is 9.80 Å². The van der Waals surface area contributed by atoms with E-state index in [1.165, 1.54) is 16.0 Å². The van der Waals surface area contributed by atoms with Crippen LogP contribution in [-0.2, 0) is 22.6 Å². The van der Waals surface area contributed by atoms with E-state index in [-0.39, 0.29) is 18.4 Å². The molecule has 25 heavy (non-hydrogen) atoms. The number of fused-ring (bicyclic) bond motifs is 1. The monoisotopic (exact) mass is 342 g/mol. The van der Waals surface area contributed by atoms with Crippen molar-refractivity contribution in [3.8, 4) is 0 Å². The first kappa shape index (κ1) is 16.7. The predicted molar refractivity (Wildman–Crippen MR) is 93.7 cm³/mol. The second-order valence-electron chi connectivity index (χ2n) is 7.88. The molecule has 2 aliphatic heterocycles. The number of imide groups is 1. The number of hydrogen-bond acceptors (Lipinski definition) is 4. The summed E-state index contributed by atoms with van der Waals surface area (Å²) < 4.78 is 0. The lowest BCUT2D eigenvalue weighted by Gasteiger charge is -2.31. The Morgan fingerprint density at radius 1 is 1.08 bits per heavy atom. The molecule has 4 rings (SSSR count). The average Bonchev–Trinajstić information content (AvgIpc) is 3.16. The summed E-state index contributed by atoms with van der Waals surface area (Å²) in [6.45, 7) is 2.36. The van der Waals surface area contributed by atoms with E-state index in [9.17, 15) is 14.7 Å². The molecule has 1 spiro atoms. The van der Waals surface area contributed by atoms with Gasteiger partial charge in [-0.3, -0.25) is 19.4 Å². The van der Waals surface area contributed by atoms with Crippen molar-refractivity contribution >= 4 is 11.8 Å². The third-order valence-corrected chi connectivity index (χ3v) is 6.12. The molecule has 1 atom stereocenters. The molecule has 0 unspecified atom stereocenters. The van der Waals surface area contributed by atoms with Gasteiger partial charge < -0.3 is 5.11 Å². The van der Waals surface area contributed by atoms with Gasteiger partial charge in [0.15, 0.2) is 0 Å². The molecular formula is C20H26N2O3. The van der Waals surface area contributed by atoms with Gasteiger partial charge in [-0.1, -0.05) is 37.1 Å². The molecule has 0 bridgehead atoms. The number of aliphatic hydroxyl groups excluding tert-OH is 1. The summed E-state index contributed by atoms with van der Waals surface area (Å²) in [5.41, 5.74) is 2.24. The average molecular weight is 342 g/mol. The number of hydrogen-bond donors (Lipinski definition) is 1. The summed E-state index contributed by atoms with van der Waals surface area (Å²) in [6, 6.07) is 8.39. The standard InChI is InChI=1S/C20H26N2O3/c23-17(13-21-10-7-15-5-1-2-6-16(15)12-21)14-22-18(24)11-20(19(22)25)8-3-4-9-20/h1-2,5-6,17,23H,3-4,7-14H2/t17-/m0/s1. The summed E-state index contributed by atoms with van der Waals surface area (Å²) in [5, 5.41) is 10.5. The fraction of sp³-hybridized carbons (Fsp3) is 0.600. The normalized spacial score (nSPS) is 24.1. The minimum Gasteiger partial charge on any atom is -0.390 e. The Kier molecular flexibility index (Phi) is 4.38. The van der Waals surface area contributed by atoms with Crippen molar-refractivity contribution in [2.24, 2.45) is 5.41 Å². The largest absolute Gasteiger partial charge is 0.390 e. The highest BCUT2D eigenvalue weighted by molar-refractivity contribution is 6.06. The lowest BCUT2D eigenvalue weighted by atomic mass is 9.84. The van der Waals surface area contributed by atoms with E-state index >= 15 is 0 Å². The van der Waals surface area contributed by atoms with Crippen molar-refractivity contribution in [3.63, 3.8) is 0 Å². The van der Waals surface area contributed by atoms with Crippen LogP contribution >= 0.6 is 0 Å². The van der Waals surface area contributed by atoms with E-state index in [0.717, 1.165) is 45.2 Å². The molecule has 1 aromatic carbocycles. The van der Waals surface area contributed by atoms with Crippen molar-refractivity contribution in [1.29, 1.82) is 0 Å². The first-order valence-corrected chi connectivity index (χ1v) is 9.39. The second kappa shape index (κ2) is 6.54. The van der Waals surface area contributed by atoms with Crippen molar-refractivity contribution < 1.29 is 14.7 Å². The zero-order valence-corrected chi connectivity index (χ0v) is 14.6. The molecular weight excluding hydrogens is 316 g/mol. The van der Waals surface area contributed by atoms with E-state index in [4.69, 9.17) is 0 Å². The van der Waals surface area contributed by atoms with Gasteiger partial charge in [-0.05, 0) is 30.4 Å². The van der Waals surface area contributed by atoms with E-state index in [0.29, 0.717) is 13.0 Å². The highest BCUT2D eigenvalue weighted by Gasteiger charge is 2.52. The molecule has 0 radical (unpaired) electrons. The minimum atomic E-state index is -0.685. The van der Waals surface area contributed by atoms with E-state index in [2.05, 4.69) is 23.1 Å². The van der Waals surface area contributed by atoms with Crippen LogP contribution in [0.25, 0.3) is 0 Å². The van der Waals surface area contributed by atoms with Gasteiger partial charge in [-0.25, -0.2) is 0 Å². The third kappa shape index (κ3) is 3.11. The number of aliphatic hydroxyl groups is 1. The fourth-order valence-electron chi connectivity index (χ4n) is 4.76. The summed E-state index contributed by atoms with van der Waals surface area (Å²) in [4.78, 5) is 28.6. The number of likely N-dealkylation sites (tertiary alicyclic amines) is 1. The second-order valence-corrected chi connectivity index (χ2v) is 7.88. The van der Waals surface area contributed by atoms with Gasteiger partial charge >= 0.3 is 0 Å². The van der Waals surface area contributed by atoms with Crippen LogP contribution in [0.5, 0.6) is 0 Å². The van der Waals surface area contributed by atoms with Gasteiger partial charge in [-0.2, -0.15) is 0 Å². The number of carbonyl (C=O) groups is 2. The maximum absolute atomic E-state index is 12.7. The topological polar surface area (TPSA) is 60.9 Å². The Balaban J connectivity index is 1.36. The lowest BCUT2D eigenvalue weighted by Crippen LogP contribution is -2.44. The van der Waals surface area contributed by atoms with Crippen LogP contribution < -0.4 is 0 Å².